The number of rotatable bonds is 5. The first-order valence-electron chi connectivity index (χ1n) is 10.2. The average molecular weight is 404 g/mol. The van der Waals surface area contributed by atoms with E-state index in [1.807, 2.05) is 30.3 Å². The molecule has 30 heavy (non-hydrogen) atoms. The minimum atomic E-state index is -0.207. The number of anilines is 2. The zero-order chi connectivity index (χ0) is 20.5. The van der Waals surface area contributed by atoms with Crippen molar-refractivity contribution in [1.29, 1.82) is 0 Å². The summed E-state index contributed by atoms with van der Waals surface area (Å²) < 4.78 is 6.25. The molecular weight excluding hydrogens is 380 g/mol. The van der Waals surface area contributed by atoms with E-state index in [0.717, 1.165) is 64.6 Å². The highest BCUT2D eigenvalue weighted by atomic mass is 16.5. The summed E-state index contributed by atoms with van der Waals surface area (Å²) in [6.45, 7) is 0.392. The number of fused-ring (bicyclic) bond motifs is 2. The third-order valence-electron chi connectivity index (χ3n) is 5.59. The van der Waals surface area contributed by atoms with Crippen LogP contribution in [0.15, 0.2) is 42.9 Å². The lowest BCUT2D eigenvalue weighted by atomic mass is 9.95. The summed E-state index contributed by atoms with van der Waals surface area (Å²) in [6.07, 6.45) is 6.59. The van der Waals surface area contributed by atoms with Crippen LogP contribution in [0.3, 0.4) is 0 Å². The van der Waals surface area contributed by atoms with Crippen LogP contribution in [0.1, 0.15) is 31.2 Å². The minimum absolute atomic E-state index is 0.0975. The van der Waals surface area contributed by atoms with E-state index in [1.165, 1.54) is 0 Å². The first kappa shape index (κ1) is 18.8. The van der Waals surface area contributed by atoms with Crippen LogP contribution < -0.4 is 15.8 Å². The second-order valence-electron chi connectivity index (χ2n) is 7.70. The molecule has 5 rings (SSSR count). The van der Waals surface area contributed by atoms with E-state index in [1.54, 1.807) is 12.5 Å². The highest BCUT2D eigenvalue weighted by Gasteiger charge is 2.21. The van der Waals surface area contributed by atoms with Gasteiger partial charge in [-0.3, -0.25) is 0 Å². The molecule has 0 aliphatic heterocycles. The Morgan fingerprint density at radius 3 is 2.83 bits per heavy atom. The van der Waals surface area contributed by atoms with Crippen molar-refractivity contribution in [2.75, 3.05) is 5.32 Å². The van der Waals surface area contributed by atoms with Gasteiger partial charge in [0.25, 0.3) is 0 Å². The molecule has 0 spiro atoms. The number of hydrogen-bond donors (Lipinski definition) is 4. The van der Waals surface area contributed by atoms with Crippen molar-refractivity contribution >= 4 is 33.6 Å². The molecule has 2 heterocycles. The predicted molar refractivity (Wildman–Crippen MR) is 116 cm³/mol. The molecule has 0 atom stereocenters. The quantitative estimate of drug-likeness (QED) is 0.402. The maximum atomic E-state index is 9.73. The molecule has 1 saturated carbocycles. The largest absolute Gasteiger partial charge is 0.488 e. The number of para-hydroxylation sites is 1. The topological polar surface area (TPSA) is 122 Å². The lowest BCUT2D eigenvalue weighted by Gasteiger charge is -2.26. The molecular formula is C22H24N6O2. The first-order valence-corrected chi connectivity index (χ1v) is 10.2. The van der Waals surface area contributed by atoms with Gasteiger partial charge in [-0.2, -0.15) is 0 Å². The van der Waals surface area contributed by atoms with Gasteiger partial charge in [0.05, 0.1) is 29.6 Å². The van der Waals surface area contributed by atoms with E-state index in [9.17, 15) is 5.11 Å². The molecule has 0 radical (unpaired) electrons. The Kier molecular flexibility index (Phi) is 4.94. The lowest BCUT2D eigenvalue weighted by molar-refractivity contribution is 0.0672. The SMILES string of the molecule is NCc1cc(Nc2ncc3cccc(O[C@H]4CC[C@@H](O)CC4)c3n2)cc2[nH]cnc12. The number of H-pyrrole nitrogens is 1. The van der Waals surface area contributed by atoms with Gasteiger partial charge in [0.15, 0.2) is 0 Å². The van der Waals surface area contributed by atoms with Crippen molar-refractivity contribution in [3.05, 3.63) is 48.4 Å². The Morgan fingerprint density at radius 2 is 2.00 bits per heavy atom. The summed E-state index contributed by atoms with van der Waals surface area (Å²) >= 11 is 0. The third kappa shape index (κ3) is 3.67. The normalized spacial score (nSPS) is 19.3. The second-order valence-corrected chi connectivity index (χ2v) is 7.70. The van der Waals surface area contributed by atoms with E-state index in [0.29, 0.717) is 12.5 Å². The van der Waals surface area contributed by atoms with E-state index in [-0.39, 0.29) is 12.2 Å². The molecule has 0 unspecified atom stereocenters. The number of aromatic nitrogens is 4. The lowest BCUT2D eigenvalue weighted by Crippen LogP contribution is -2.26. The number of imidazole rings is 1. The number of ether oxygens (including phenoxy) is 1. The standard InChI is InChI=1S/C22H24N6O2/c23-10-14-8-15(9-18-20(14)26-12-25-18)27-22-24-11-13-2-1-3-19(21(13)28-22)30-17-6-4-16(29)5-7-17/h1-3,8-9,11-12,16-17,29H,4-7,10,23H2,(H,25,26)(H,24,27,28)/t16-,17+. The Balaban J connectivity index is 1.44. The average Bonchev–Trinajstić information content (AvgIpc) is 3.24. The van der Waals surface area contributed by atoms with Crippen LogP contribution in [-0.4, -0.2) is 37.3 Å². The fourth-order valence-electron chi connectivity index (χ4n) is 4.01. The van der Waals surface area contributed by atoms with Crippen LogP contribution in [0.5, 0.6) is 5.75 Å². The van der Waals surface area contributed by atoms with Gasteiger partial charge >= 0.3 is 0 Å². The van der Waals surface area contributed by atoms with Gasteiger partial charge in [0, 0.05) is 23.8 Å². The van der Waals surface area contributed by atoms with Crippen molar-refractivity contribution in [3.8, 4) is 5.75 Å². The molecule has 2 aromatic carbocycles. The van der Waals surface area contributed by atoms with Gasteiger partial charge in [-0.05, 0) is 49.4 Å². The van der Waals surface area contributed by atoms with Crippen LogP contribution in [0.25, 0.3) is 21.9 Å². The number of aliphatic hydroxyl groups is 1. The van der Waals surface area contributed by atoms with Crippen LogP contribution >= 0.6 is 0 Å². The van der Waals surface area contributed by atoms with Gasteiger partial charge < -0.3 is 25.9 Å². The number of hydrogen-bond acceptors (Lipinski definition) is 7. The smallest absolute Gasteiger partial charge is 0.227 e. The van der Waals surface area contributed by atoms with Crippen molar-refractivity contribution in [3.63, 3.8) is 0 Å². The maximum absolute atomic E-state index is 9.73. The predicted octanol–water partition coefficient (Wildman–Crippen LogP) is 3.39. The molecule has 8 heteroatoms. The molecule has 1 fully saturated rings. The van der Waals surface area contributed by atoms with Gasteiger partial charge in [-0.1, -0.05) is 12.1 Å². The summed E-state index contributed by atoms with van der Waals surface area (Å²) in [6, 6.07) is 9.79. The van der Waals surface area contributed by atoms with Crippen LogP contribution in [-0.2, 0) is 6.54 Å². The van der Waals surface area contributed by atoms with E-state index in [4.69, 9.17) is 15.5 Å². The number of nitrogens with zero attached hydrogens (tertiary/aromatic N) is 3. The molecule has 4 aromatic rings. The zero-order valence-corrected chi connectivity index (χ0v) is 16.5. The van der Waals surface area contributed by atoms with Gasteiger partial charge in [-0.25, -0.2) is 15.0 Å². The highest BCUT2D eigenvalue weighted by Crippen LogP contribution is 2.30. The summed E-state index contributed by atoms with van der Waals surface area (Å²) in [5.74, 6) is 1.23. The van der Waals surface area contributed by atoms with E-state index < -0.39 is 0 Å². The molecule has 5 N–H and O–H groups in total. The van der Waals surface area contributed by atoms with Crippen molar-refractivity contribution in [1.82, 2.24) is 19.9 Å². The molecule has 1 aliphatic rings. The molecule has 2 aromatic heterocycles. The Morgan fingerprint density at radius 1 is 1.13 bits per heavy atom. The Labute approximate surface area is 173 Å². The number of aromatic amines is 1. The van der Waals surface area contributed by atoms with Crippen molar-refractivity contribution < 1.29 is 9.84 Å². The van der Waals surface area contributed by atoms with Gasteiger partial charge in [0.1, 0.15) is 11.3 Å². The molecule has 1 aliphatic carbocycles. The van der Waals surface area contributed by atoms with Crippen LogP contribution in [0.2, 0.25) is 0 Å². The third-order valence-corrected chi connectivity index (χ3v) is 5.59. The number of aliphatic hydroxyl groups excluding tert-OH is 1. The fourth-order valence-corrected chi connectivity index (χ4v) is 4.01. The van der Waals surface area contributed by atoms with Gasteiger partial charge in [0.2, 0.25) is 5.95 Å². The highest BCUT2D eigenvalue weighted by molar-refractivity contribution is 5.86. The zero-order valence-electron chi connectivity index (χ0n) is 16.5. The van der Waals surface area contributed by atoms with E-state index >= 15 is 0 Å². The summed E-state index contributed by atoms with van der Waals surface area (Å²) in [5.41, 5.74) is 10.2. The van der Waals surface area contributed by atoms with Crippen LogP contribution in [0.4, 0.5) is 11.6 Å². The van der Waals surface area contributed by atoms with E-state index in [2.05, 4.69) is 20.3 Å². The molecule has 154 valence electrons. The summed E-state index contributed by atoms with van der Waals surface area (Å²) in [5, 5.41) is 13.9. The molecule has 8 nitrogen and oxygen atoms in total. The summed E-state index contributed by atoms with van der Waals surface area (Å²) in [4.78, 5) is 16.6. The number of nitrogens with two attached hydrogens (primary N) is 1. The molecule has 0 saturated heterocycles. The molecule has 0 amide bonds. The maximum Gasteiger partial charge on any atom is 0.227 e. The van der Waals surface area contributed by atoms with Crippen LogP contribution in [0, 0.1) is 0 Å². The van der Waals surface area contributed by atoms with Crippen molar-refractivity contribution in [2.24, 2.45) is 5.73 Å². The van der Waals surface area contributed by atoms with Crippen molar-refractivity contribution in [2.45, 2.75) is 44.4 Å². The first-order chi connectivity index (χ1) is 14.7. The minimum Gasteiger partial charge on any atom is -0.488 e. The Bertz CT molecular complexity index is 1180. The molecule has 0 bridgehead atoms. The van der Waals surface area contributed by atoms with Gasteiger partial charge in [-0.15, -0.1) is 0 Å². The fraction of sp³-hybridized carbons (Fsp3) is 0.318. The number of nitrogens with one attached hydrogen (secondary N) is 2. The Hall–Kier alpha value is -3.23. The number of benzene rings is 2. The monoisotopic (exact) mass is 404 g/mol. The summed E-state index contributed by atoms with van der Waals surface area (Å²) in [7, 11) is 0. The second kappa shape index (κ2) is 7.89.